The van der Waals surface area contributed by atoms with Crippen LogP contribution in [0.3, 0.4) is 0 Å². The number of benzene rings is 3. The lowest BCUT2D eigenvalue weighted by atomic mass is 10.0. The maximum atomic E-state index is 13.3. The van der Waals surface area contributed by atoms with E-state index in [0.717, 1.165) is 22.8 Å². The molecule has 3 amide bonds. The van der Waals surface area contributed by atoms with Crippen molar-refractivity contribution in [3.8, 4) is 11.1 Å². The topological polar surface area (TPSA) is 127 Å². The Kier molecular flexibility index (Phi) is 5.76. The van der Waals surface area contributed by atoms with Crippen molar-refractivity contribution < 1.29 is 32.3 Å². The number of nitrogens with one attached hydrogen (secondary N) is 1. The Labute approximate surface area is 195 Å². The minimum Gasteiger partial charge on any atom is -0.465 e. The van der Waals surface area contributed by atoms with E-state index < -0.39 is 33.7 Å². The fraction of sp³-hybridized carbons (Fsp3) is 0.0833. The van der Waals surface area contributed by atoms with Crippen LogP contribution in [0.2, 0.25) is 0 Å². The number of carbonyl (C=O) groups is 4. The number of nitrogens with zero attached hydrogens (tertiary/aromatic N) is 1. The quantitative estimate of drug-likeness (QED) is 0.441. The normalized spacial score (nSPS) is 12.9. The molecule has 0 aromatic heterocycles. The molecule has 0 radical (unpaired) electrons. The van der Waals surface area contributed by atoms with E-state index in [4.69, 9.17) is 4.74 Å². The predicted octanol–water partition coefficient (Wildman–Crippen LogP) is 2.63. The molecule has 4 rings (SSSR count). The van der Waals surface area contributed by atoms with E-state index >= 15 is 0 Å². The predicted molar refractivity (Wildman–Crippen MR) is 123 cm³/mol. The molecule has 0 atom stereocenters. The highest BCUT2D eigenvalue weighted by atomic mass is 32.2. The Balaban J connectivity index is 1.81. The molecule has 0 bridgehead atoms. The van der Waals surface area contributed by atoms with E-state index in [2.05, 4.69) is 0 Å². The second kappa shape index (κ2) is 8.56. The zero-order valence-corrected chi connectivity index (χ0v) is 18.9. The summed E-state index contributed by atoms with van der Waals surface area (Å²) in [6.07, 6.45) is 0.822. The van der Waals surface area contributed by atoms with Gasteiger partial charge in [-0.15, -0.1) is 0 Å². The van der Waals surface area contributed by atoms with E-state index in [-0.39, 0.29) is 27.9 Å². The minimum absolute atomic E-state index is 0.00623. The Hall–Kier alpha value is -4.31. The van der Waals surface area contributed by atoms with Gasteiger partial charge in [0, 0.05) is 5.56 Å². The SMILES string of the molecule is COC(=O)c1ccc(-c2ccccc2)cc1N1C(=O)c2ccc(C(=O)NS(C)(=O)=O)cc2C1=O. The van der Waals surface area contributed by atoms with Crippen LogP contribution in [0.4, 0.5) is 5.69 Å². The van der Waals surface area contributed by atoms with Crippen LogP contribution in [-0.2, 0) is 14.8 Å². The summed E-state index contributed by atoms with van der Waals surface area (Å²) in [5, 5.41) is 0. The molecule has 172 valence electrons. The third-order valence-electron chi connectivity index (χ3n) is 5.18. The molecule has 3 aromatic carbocycles. The number of ether oxygens (including phenoxy) is 1. The molecule has 1 N–H and O–H groups in total. The maximum absolute atomic E-state index is 13.3. The second-order valence-electron chi connectivity index (χ2n) is 7.50. The number of hydrogen-bond donors (Lipinski definition) is 1. The lowest BCUT2D eigenvalue weighted by Gasteiger charge is -2.18. The molecule has 0 unspecified atom stereocenters. The molecular formula is C24H18N2O7S. The van der Waals surface area contributed by atoms with Gasteiger partial charge < -0.3 is 4.74 Å². The van der Waals surface area contributed by atoms with Crippen LogP contribution in [-0.4, -0.2) is 45.5 Å². The van der Waals surface area contributed by atoms with Gasteiger partial charge in [-0.25, -0.2) is 22.8 Å². The van der Waals surface area contributed by atoms with Crippen LogP contribution in [0, 0.1) is 0 Å². The van der Waals surface area contributed by atoms with Crippen molar-refractivity contribution >= 4 is 39.4 Å². The van der Waals surface area contributed by atoms with Crippen LogP contribution >= 0.6 is 0 Å². The van der Waals surface area contributed by atoms with Crippen LogP contribution in [0.25, 0.3) is 11.1 Å². The van der Waals surface area contributed by atoms with E-state index in [0.29, 0.717) is 5.56 Å². The molecular weight excluding hydrogens is 460 g/mol. The van der Waals surface area contributed by atoms with Crippen molar-refractivity contribution in [2.24, 2.45) is 0 Å². The molecule has 0 saturated heterocycles. The summed E-state index contributed by atoms with van der Waals surface area (Å²) in [5.41, 5.74) is 1.31. The van der Waals surface area contributed by atoms with Crippen molar-refractivity contribution in [1.29, 1.82) is 0 Å². The van der Waals surface area contributed by atoms with Crippen molar-refractivity contribution in [2.45, 2.75) is 0 Å². The number of imide groups is 1. The maximum Gasteiger partial charge on any atom is 0.339 e. The molecule has 0 fully saturated rings. The van der Waals surface area contributed by atoms with Gasteiger partial charge in [0.05, 0.1) is 35.7 Å². The number of esters is 1. The van der Waals surface area contributed by atoms with Crippen LogP contribution < -0.4 is 9.62 Å². The highest BCUT2D eigenvalue weighted by molar-refractivity contribution is 7.89. The van der Waals surface area contributed by atoms with Crippen molar-refractivity contribution in [3.63, 3.8) is 0 Å². The van der Waals surface area contributed by atoms with Crippen molar-refractivity contribution in [2.75, 3.05) is 18.3 Å². The highest BCUT2D eigenvalue weighted by Gasteiger charge is 2.39. The van der Waals surface area contributed by atoms with Crippen LogP contribution in [0.5, 0.6) is 0 Å². The first kappa shape index (κ1) is 22.9. The number of methoxy groups -OCH3 is 1. The van der Waals surface area contributed by atoms with Gasteiger partial charge in [0.15, 0.2) is 0 Å². The summed E-state index contributed by atoms with van der Waals surface area (Å²) in [6, 6.07) is 17.5. The van der Waals surface area contributed by atoms with Crippen LogP contribution in [0.15, 0.2) is 66.7 Å². The Morgan fingerprint density at radius 1 is 0.853 bits per heavy atom. The van der Waals surface area contributed by atoms with Gasteiger partial charge in [-0.2, -0.15) is 0 Å². The zero-order valence-electron chi connectivity index (χ0n) is 18.1. The monoisotopic (exact) mass is 478 g/mol. The van der Waals surface area contributed by atoms with Gasteiger partial charge in [-0.3, -0.25) is 14.4 Å². The Morgan fingerprint density at radius 3 is 2.18 bits per heavy atom. The van der Waals surface area contributed by atoms with Gasteiger partial charge in [0.25, 0.3) is 17.7 Å². The number of sulfonamides is 1. The fourth-order valence-corrected chi connectivity index (χ4v) is 4.09. The van der Waals surface area contributed by atoms with Gasteiger partial charge in [0.1, 0.15) is 0 Å². The Bertz CT molecular complexity index is 1460. The minimum atomic E-state index is -3.83. The standard InChI is InChI=1S/C24H18N2O7S/c1-33-24(30)18-11-8-15(14-6-4-3-5-7-14)13-20(18)26-22(28)17-10-9-16(12-19(17)23(26)29)21(27)25-34(2,31)32/h3-13H,1-2H3,(H,25,27). The number of carbonyl (C=O) groups excluding carboxylic acids is 4. The van der Waals surface area contributed by atoms with Gasteiger partial charge in [-0.1, -0.05) is 36.4 Å². The van der Waals surface area contributed by atoms with Crippen molar-refractivity contribution in [1.82, 2.24) is 4.72 Å². The average molecular weight is 478 g/mol. The Morgan fingerprint density at radius 2 is 1.53 bits per heavy atom. The molecule has 3 aromatic rings. The third-order valence-corrected chi connectivity index (χ3v) is 5.73. The summed E-state index contributed by atoms with van der Waals surface area (Å²) >= 11 is 0. The van der Waals surface area contributed by atoms with Gasteiger partial charge in [0.2, 0.25) is 10.0 Å². The van der Waals surface area contributed by atoms with Crippen molar-refractivity contribution in [3.05, 3.63) is 89.0 Å². The first-order valence-electron chi connectivity index (χ1n) is 9.93. The molecule has 1 heterocycles. The molecule has 9 nitrogen and oxygen atoms in total. The molecule has 0 saturated carbocycles. The van der Waals surface area contributed by atoms with Gasteiger partial charge >= 0.3 is 5.97 Å². The fourth-order valence-electron chi connectivity index (χ4n) is 3.64. The summed E-state index contributed by atoms with van der Waals surface area (Å²) < 4.78 is 29.4. The van der Waals surface area contributed by atoms with E-state index in [1.54, 1.807) is 12.1 Å². The van der Waals surface area contributed by atoms with E-state index in [1.807, 2.05) is 35.1 Å². The summed E-state index contributed by atoms with van der Waals surface area (Å²) in [6.45, 7) is 0. The molecule has 0 spiro atoms. The smallest absolute Gasteiger partial charge is 0.339 e. The summed E-state index contributed by atoms with van der Waals surface area (Å²) in [4.78, 5) is 52.0. The van der Waals surface area contributed by atoms with Crippen LogP contribution in [0.1, 0.15) is 41.4 Å². The lowest BCUT2D eigenvalue weighted by Crippen LogP contribution is -2.31. The average Bonchev–Trinajstić information content (AvgIpc) is 3.07. The first-order chi connectivity index (χ1) is 16.1. The molecule has 1 aliphatic rings. The number of amides is 3. The summed E-state index contributed by atoms with van der Waals surface area (Å²) in [5.74, 6) is -3.13. The number of hydrogen-bond acceptors (Lipinski definition) is 7. The second-order valence-corrected chi connectivity index (χ2v) is 9.25. The number of anilines is 1. The molecule has 0 aliphatic carbocycles. The first-order valence-corrected chi connectivity index (χ1v) is 11.8. The third kappa shape index (κ3) is 4.18. The van der Waals surface area contributed by atoms with Gasteiger partial charge in [-0.05, 0) is 41.5 Å². The van der Waals surface area contributed by atoms with E-state index in [9.17, 15) is 27.6 Å². The molecule has 34 heavy (non-hydrogen) atoms. The number of rotatable bonds is 5. The van der Waals surface area contributed by atoms with E-state index in [1.165, 1.54) is 25.3 Å². The zero-order chi connectivity index (χ0) is 24.6. The molecule has 1 aliphatic heterocycles. The highest BCUT2D eigenvalue weighted by Crippen LogP contribution is 2.35. The lowest BCUT2D eigenvalue weighted by molar-refractivity contribution is 0.0601. The largest absolute Gasteiger partial charge is 0.465 e. The number of fused-ring (bicyclic) bond motifs is 1. The summed E-state index contributed by atoms with van der Waals surface area (Å²) in [7, 11) is -2.64. The molecule has 10 heteroatoms.